The van der Waals surface area contributed by atoms with Gasteiger partial charge in [0.25, 0.3) is 0 Å². The van der Waals surface area contributed by atoms with Gasteiger partial charge in [0.2, 0.25) is 0 Å². The molecule has 0 aliphatic carbocycles. The minimum absolute atomic E-state index is 0.174. The van der Waals surface area contributed by atoms with Crippen molar-refractivity contribution in [2.45, 2.75) is 13.0 Å². The highest BCUT2D eigenvalue weighted by Crippen LogP contribution is 2.22. The Morgan fingerprint density at radius 2 is 1.25 bits per heavy atom. The highest BCUT2D eigenvalue weighted by molar-refractivity contribution is 5.31. The number of benzene rings is 2. The Bertz CT molecular complexity index is 368. The van der Waals surface area contributed by atoms with Crippen LogP contribution in [0, 0.1) is 0 Å². The van der Waals surface area contributed by atoms with Gasteiger partial charge in [0.15, 0.2) is 0 Å². The molecule has 16 heavy (non-hydrogen) atoms. The maximum atomic E-state index is 4.66. The van der Waals surface area contributed by atoms with Gasteiger partial charge < -0.3 is 0 Å². The molecule has 0 fully saturated rings. The van der Waals surface area contributed by atoms with Gasteiger partial charge in [-0.25, -0.2) is 5.32 Å². The van der Waals surface area contributed by atoms with Gasteiger partial charge in [0.1, 0.15) is 0 Å². The summed E-state index contributed by atoms with van der Waals surface area (Å²) < 4.78 is 0. The first kappa shape index (κ1) is 10.9. The molecule has 2 rings (SSSR count). The summed E-state index contributed by atoms with van der Waals surface area (Å²) in [5.41, 5.74) is 2.52. The zero-order valence-corrected chi connectivity index (χ0v) is 9.51. The molecule has 0 aromatic heterocycles. The smallest absolute Gasteiger partial charge is 0.0745 e. The van der Waals surface area contributed by atoms with Crippen LogP contribution in [0.4, 0.5) is 0 Å². The zero-order chi connectivity index (χ0) is 11.2. The number of hydrogen-bond donors (Lipinski definition) is 0. The fourth-order valence-electron chi connectivity index (χ4n) is 1.86. The quantitative estimate of drug-likeness (QED) is 0.734. The van der Waals surface area contributed by atoms with Crippen molar-refractivity contribution in [3.8, 4) is 0 Å². The van der Waals surface area contributed by atoms with Gasteiger partial charge in [-0.05, 0) is 11.1 Å². The third-order valence-corrected chi connectivity index (χ3v) is 2.60. The van der Waals surface area contributed by atoms with Crippen LogP contribution in [-0.4, -0.2) is 6.54 Å². The highest BCUT2D eigenvalue weighted by atomic mass is 14.9. The van der Waals surface area contributed by atoms with E-state index in [1.807, 2.05) is 12.1 Å². The first-order valence-corrected chi connectivity index (χ1v) is 5.68. The van der Waals surface area contributed by atoms with Crippen molar-refractivity contribution < 1.29 is 0 Å². The molecule has 0 aliphatic heterocycles. The van der Waals surface area contributed by atoms with Crippen LogP contribution in [0.1, 0.15) is 24.1 Å². The van der Waals surface area contributed by atoms with Gasteiger partial charge >= 0.3 is 0 Å². The van der Waals surface area contributed by atoms with Crippen molar-refractivity contribution in [3.63, 3.8) is 0 Å². The Hall–Kier alpha value is -1.60. The Balaban J connectivity index is 2.31. The summed E-state index contributed by atoms with van der Waals surface area (Å²) in [6.45, 7) is 2.92. The molecule has 0 aliphatic rings. The van der Waals surface area contributed by atoms with Crippen molar-refractivity contribution in [2.75, 3.05) is 6.54 Å². The first-order valence-electron chi connectivity index (χ1n) is 5.68. The molecule has 1 nitrogen and oxygen atoms in total. The second kappa shape index (κ2) is 5.47. The van der Waals surface area contributed by atoms with Gasteiger partial charge in [-0.3, -0.25) is 0 Å². The van der Waals surface area contributed by atoms with Crippen molar-refractivity contribution in [2.24, 2.45) is 0 Å². The SMILES string of the molecule is CC[N]C(c1ccccc1)c1ccccc1. The third kappa shape index (κ3) is 2.50. The van der Waals surface area contributed by atoms with E-state index in [4.69, 9.17) is 0 Å². The number of nitrogens with zero attached hydrogens (tertiary/aromatic N) is 1. The molecule has 0 bridgehead atoms. The maximum Gasteiger partial charge on any atom is 0.0745 e. The fourth-order valence-corrected chi connectivity index (χ4v) is 1.86. The second-order valence-electron chi connectivity index (χ2n) is 3.72. The molecule has 2 aromatic rings. The summed E-state index contributed by atoms with van der Waals surface area (Å²) >= 11 is 0. The fraction of sp³-hybridized carbons (Fsp3) is 0.200. The first-order chi connectivity index (χ1) is 7.92. The molecule has 0 atom stereocenters. The molecule has 1 radical (unpaired) electrons. The molecular formula is C15H16N. The minimum Gasteiger partial charge on any atom is -0.229 e. The standard InChI is InChI=1S/C15H16N/c1-2-16-15(13-9-5-3-6-10-13)14-11-7-4-8-12-14/h3-12,15H,2H2,1H3. The van der Waals surface area contributed by atoms with Gasteiger partial charge in [-0.1, -0.05) is 67.6 Å². The molecule has 0 saturated carbocycles. The lowest BCUT2D eigenvalue weighted by molar-refractivity contribution is 0.616. The van der Waals surface area contributed by atoms with E-state index in [-0.39, 0.29) is 6.04 Å². The van der Waals surface area contributed by atoms with E-state index in [0.717, 1.165) is 6.54 Å². The Morgan fingerprint density at radius 3 is 1.62 bits per heavy atom. The van der Waals surface area contributed by atoms with Gasteiger partial charge in [-0.2, -0.15) is 0 Å². The molecule has 0 spiro atoms. The van der Waals surface area contributed by atoms with E-state index in [1.165, 1.54) is 11.1 Å². The third-order valence-electron chi connectivity index (χ3n) is 2.60. The number of rotatable bonds is 4. The van der Waals surface area contributed by atoms with E-state index < -0.39 is 0 Å². The van der Waals surface area contributed by atoms with Gasteiger partial charge in [-0.15, -0.1) is 0 Å². The summed E-state index contributed by atoms with van der Waals surface area (Å²) in [6.07, 6.45) is 0. The van der Waals surface area contributed by atoms with E-state index in [9.17, 15) is 0 Å². The van der Waals surface area contributed by atoms with Crippen LogP contribution in [0.2, 0.25) is 0 Å². The lowest BCUT2D eigenvalue weighted by Crippen LogP contribution is -2.14. The van der Waals surface area contributed by atoms with E-state index in [1.54, 1.807) is 0 Å². The van der Waals surface area contributed by atoms with Crippen molar-refractivity contribution in [1.29, 1.82) is 0 Å². The van der Waals surface area contributed by atoms with Crippen LogP contribution in [0.25, 0.3) is 0 Å². The lowest BCUT2D eigenvalue weighted by atomic mass is 9.99. The Kier molecular flexibility index (Phi) is 3.73. The zero-order valence-electron chi connectivity index (χ0n) is 9.51. The van der Waals surface area contributed by atoms with Crippen molar-refractivity contribution in [3.05, 3.63) is 71.8 Å². The van der Waals surface area contributed by atoms with Crippen LogP contribution >= 0.6 is 0 Å². The molecule has 2 aromatic carbocycles. The summed E-state index contributed by atoms with van der Waals surface area (Å²) in [6, 6.07) is 21.1. The van der Waals surface area contributed by atoms with Crippen LogP contribution < -0.4 is 5.32 Å². The van der Waals surface area contributed by atoms with E-state index >= 15 is 0 Å². The summed E-state index contributed by atoms with van der Waals surface area (Å²) in [5.74, 6) is 0. The molecule has 0 heterocycles. The molecular weight excluding hydrogens is 194 g/mol. The molecule has 0 amide bonds. The Morgan fingerprint density at radius 1 is 0.812 bits per heavy atom. The molecule has 0 N–H and O–H groups in total. The topological polar surface area (TPSA) is 14.1 Å². The van der Waals surface area contributed by atoms with Crippen LogP contribution in [-0.2, 0) is 0 Å². The predicted molar refractivity (Wildman–Crippen MR) is 67.4 cm³/mol. The highest BCUT2D eigenvalue weighted by Gasteiger charge is 2.12. The molecule has 1 heteroatoms. The van der Waals surface area contributed by atoms with Gasteiger partial charge in [0, 0.05) is 6.54 Å². The van der Waals surface area contributed by atoms with Crippen molar-refractivity contribution in [1.82, 2.24) is 5.32 Å². The lowest BCUT2D eigenvalue weighted by Gasteiger charge is -2.16. The average molecular weight is 210 g/mol. The number of hydrogen-bond acceptors (Lipinski definition) is 0. The second-order valence-corrected chi connectivity index (χ2v) is 3.72. The molecule has 0 saturated heterocycles. The summed E-state index contributed by atoms with van der Waals surface area (Å²) in [5, 5.41) is 4.66. The monoisotopic (exact) mass is 210 g/mol. The summed E-state index contributed by atoms with van der Waals surface area (Å²) in [7, 11) is 0. The maximum absolute atomic E-state index is 4.66. The largest absolute Gasteiger partial charge is 0.229 e. The minimum atomic E-state index is 0.174. The Labute approximate surface area is 97.1 Å². The van der Waals surface area contributed by atoms with E-state index in [2.05, 4.69) is 60.8 Å². The van der Waals surface area contributed by atoms with Crippen LogP contribution in [0.3, 0.4) is 0 Å². The van der Waals surface area contributed by atoms with Crippen molar-refractivity contribution >= 4 is 0 Å². The normalized spacial score (nSPS) is 10.6. The van der Waals surface area contributed by atoms with Crippen LogP contribution in [0.5, 0.6) is 0 Å². The molecule has 81 valence electrons. The van der Waals surface area contributed by atoms with Crippen LogP contribution in [0.15, 0.2) is 60.7 Å². The van der Waals surface area contributed by atoms with Gasteiger partial charge in [0.05, 0.1) is 6.04 Å². The summed E-state index contributed by atoms with van der Waals surface area (Å²) in [4.78, 5) is 0. The molecule has 0 unspecified atom stereocenters. The average Bonchev–Trinajstić information content (AvgIpc) is 2.38. The van der Waals surface area contributed by atoms with E-state index in [0.29, 0.717) is 0 Å². The predicted octanol–water partition coefficient (Wildman–Crippen LogP) is 3.40.